The largest absolute Gasteiger partial charge is 0.295 e. The summed E-state index contributed by atoms with van der Waals surface area (Å²) in [4.78, 5) is 12.8. The second-order valence-electron chi connectivity index (χ2n) is 14.1. The van der Waals surface area contributed by atoms with E-state index in [2.05, 4.69) is 181 Å². The third kappa shape index (κ3) is 5.13. The average Bonchev–Trinajstić information content (AvgIpc) is 3.27. The molecule has 3 nitrogen and oxygen atoms in total. The molecular formula is C52H33N3. The maximum Gasteiger partial charge on any atom is 0.138 e. The summed E-state index contributed by atoms with van der Waals surface area (Å²) < 4.78 is 0. The molecule has 0 saturated heterocycles. The molecule has 0 bridgehead atoms. The Morgan fingerprint density at radius 2 is 0.618 bits per heavy atom. The van der Waals surface area contributed by atoms with Gasteiger partial charge in [-0.05, 0) is 113 Å². The maximum absolute atomic E-state index is 5.38. The number of pyridine rings is 2. The van der Waals surface area contributed by atoms with E-state index in [1.54, 1.807) is 0 Å². The van der Waals surface area contributed by atoms with E-state index in [9.17, 15) is 0 Å². The van der Waals surface area contributed by atoms with Gasteiger partial charge in [0.15, 0.2) is 0 Å². The van der Waals surface area contributed by atoms with Gasteiger partial charge in [0, 0.05) is 16.9 Å². The van der Waals surface area contributed by atoms with Gasteiger partial charge in [-0.1, -0.05) is 152 Å². The maximum atomic E-state index is 5.38. The van der Waals surface area contributed by atoms with Gasteiger partial charge in [-0.25, -0.2) is 9.97 Å². The van der Waals surface area contributed by atoms with Gasteiger partial charge in [0.2, 0.25) is 0 Å². The fourth-order valence-corrected chi connectivity index (χ4v) is 8.52. The van der Waals surface area contributed by atoms with Crippen LogP contribution in [0, 0.1) is 0 Å². The third-order valence-electron chi connectivity index (χ3n) is 11.0. The van der Waals surface area contributed by atoms with Crippen molar-refractivity contribution in [3.8, 4) is 22.6 Å². The van der Waals surface area contributed by atoms with E-state index < -0.39 is 0 Å². The van der Waals surface area contributed by atoms with Crippen molar-refractivity contribution in [2.75, 3.05) is 4.90 Å². The molecule has 0 atom stereocenters. The highest BCUT2D eigenvalue weighted by molar-refractivity contribution is 6.27. The number of hydrogen-bond acceptors (Lipinski definition) is 3. The molecule has 256 valence electrons. The predicted octanol–water partition coefficient (Wildman–Crippen LogP) is 14.2. The summed E-state index contributed by atoms with van der Waals surface area (Å²) in [5.74, 6) is 0.818. The van der Waals surface area contributed by atoms with Crippen molar-refractivity contribution in [3.05, 3.63) is 200 Å². The van der Waals surface area contributed by atoms with Crippen molar-refractivity contribution in [2.24, 2.45) is 0 Å². The topological polar surface area (TPSA) is 29.0 Å². The van der Waals surface area contributed by atoms with Crippen molar-refractivity contribution in [2.45, 2.75) is 0 Å². The molecule has 0 unspecified atom stereocenters. The molecule has 0 aliphatic heterocycles. The smallest absolute Gasteiger partial charge is 0.138 e. The Kier molecular flexibility index (Phi) is 7.17. The summed E-state index contributed by atoms with van der Waals surface area (Å²) in [5, 5.41) is 14.9. The van der Waals surface area contributed by atoms with E-state index >= 15 is 0 Å². The van der Waals surface area contributed by atoms with Crippen LogP contribution in [0.2, 0.25) is 0 Å². The standard InChI is InChI=1S/C52H33N3/c1-2-14-34(15-3-1)49-24-12-25-50(53-49)51-26-13-27-52(54-51)55(35-28-30-45-41-20-6-4-16-37(41)39-18-8-10-22-43(39)47(45)32-35)36-29-31-46-42-21-7-5-17-38(42)40-19-9-11-23-44(40)48(46)33-36/h1-33H. The highest BCUT2D eigenvalue weighted by Crippen LogP contribution is 2.43. The number of hydrogen-bond donors (Lipinski definition) is 0. The Bertz CT molecular complexity index is 3050. The second-order valence-corrected chi connectivity index (χ2v) is 14.1. The molecule has 2 aromatic heterocycles. The molecule has 9 aromatic carbocycles. The lowest BCUT2D eigenvalue weighted by molar-refractivity contribution is 1.17. The second kappa shape index (κ2) is 12.6. The number of aromatic nitrogens is 2. The van der Waals surface area contributed by atoms with E-state index in [1.165, 1.54) is 64.6 Å². The van der Waals surface area contributed by atoms with E-state index in [-0.39, 0.29) is 0 Å². The molecule has 0 aliphatic carbocycles. The van der Waals surface area contributed by atoms with Crippen LogP contribution in [0.1, 0.15) is 0 Å². The predicted molar refractivity (Wildman–Crippen MR) is 233 cm³/mol. The summed E-state index contributed by atoms with van der Waals surface area (Å²) >= 11 is 0. The van der Waals surface area contributed by atoms with Gasteiger partial charge in [0.05, 0.1) is 17.1 Å². The molecular weight excluding hydrogens is 667 g/mol. The number of benzene rings is 9. The first kappa shape index (κ1) is 31.2. The van der Waals surface area contributed by atoms with E-state index in [4.69, 9.17) is 9.97 Å². The Labute approximate surface area is 318 Å². The summed E-state index contributed by atoms with van der Waals surface area (Å²) in [6.45, 7) is 0. The lowest BCUT2D eigenvalue weighted by Gasteiger charge is -2.26. The Balaban J connectivity index is 1.16. The summed E-state index contributed by atoms with van der Waals surface area (Å²) in [7, 11) is 0. The monoisotopic (exact) mass is 699 g/mol. The zero-order valence-electron chi connectivity index (χ0n) is 29.9. The highest BCUT2D eigenvalue weighted by atomic mass is 15.2. The lowest BCUT2D eigenvalue weighted by Crippen LogP contribution is -2.12. The zero-order chi connectivity index (χ0) is 36.3. The molecule has 2 heterocycles. The quantitative estimate of drug-likeness (QED) is 0.167. The molecule has 3 heteroatoms. The van der Waals surface area contributed by atoms with Crippen LogP contribution in [0.4, 0.5) is 17.2 Å². The van der Waals surface area contributed by atoms with E-state index in [1.807, 2.05) is 24.3 Å². The minimum atomic E-state index is 0.815. The first-order chi connectivity index (χ1) is 27.3. The fourth-order valence-electron chi connectivity index (χ4n) is 8.52. The molecule has 0 saturated carbocycles. The van der Waals surface area contributed by atoms with Crippen LogP contribution in [0.25, 0.3) is 87.3 Å². The van der Waals surface area contributed by atoms with E-state index in [0.29, 0.717) is 0 Å². The van der Waals surface area contributed by atoms with Crippen LogP contribution in [0.3, 0.4) is 0 Å². The number of rotatable bonds is 5. The van der Waals surface area contributed by atoms with Crippen LogP contribution in [0.15, 0.2) is 200 Å². The highest BCUT2D eigenvalue weighted by Gasteiger charge is 2.19. The van der Waals surface area contributed by atoms with Crippen molar-refractivity contribution < 1.29 is 0 Å². The number of fused-ring (bicyclic) bond motifs is 12. The molecule has 0 N–H and O–H groups in total. The van der Waals surface area contributed by atoms with Crippen molar-refractivity contribution in [1.29, 1.82) is 0 Å². The first-order valence-electron chi connectivity index (χ1n) is 18.7. The Hall–Kier alpha value is -7.36. The Morgan fingerprint density at radius 1 is 0.255 bits per heavy atom. The van der Waals surface area contributed by atoms with Crippen LogP contribution < -0.4 is 4.90 Å². The molecule has 11 rings (SSSR count). The van der Waals surface area contributed by atoms with E-state index in [0.717, 1.165) is 39.8 Å². The molecule has 0 radical (unpaired) electrons. The summed E-state index contributed by atoms with van der Waals surface area (Å²) in [6.07, 6.45) is 0. The van der Waals surface area contributed by atoms with Crippen LogP contribution in [-0.4, -0.2) is 9.97 Å². The van der Waals surface area contributed by atoms with Gasteiger partial charge in [-0.2, -0.15) is 0 Å². The third-order valence-corrected chi connectivity index (χ3v) is 11.0. The van der Waals surface area contributed by atoms with Crippen molar-refractivity contribution in [1.82, 2.24) is 9.97 Å². The zero-order valence-corrected chi connectivity index (χ0v) is 29.9. The molecule has 0 aliphatic rings. The van der Waals surface area contributed by atoms with Crippen LogP contribution in [-0.2, 0) is 0 Å². The summed E-state index contributed by atoms with van der Waals surface area (Å²) in [5.41, 5.74) is 5.71. The van der Waals surface area contributed by atoms with Gasteiger partial charge >= 0.3 is 0 Å². The number of anilines is 3. The van der Waals surface area contributed by atoms with Gasteiger partial charge in [-0.15, -0.1) is 0 Å². The summed E-state index contributed by atoms with van der Waals surface area (Å²) in [6, 6.07) is 71.5. The Morgan fingerprint density at radius 3 is 1.09 bits per heavy atom. The van der Waals surface area contributed by atoms with Gasteiger partial charge in [-0.3, -0.25) is 4.90 Å². The van der Waals surface area contributed by atoms with Crippen LogP contribution >= 0.6 is 0 Å². The minimum absolute atomic E-state index is 0.815. The molecule has 0 fully saturated rings. The average molecular weight is 700 g/mol. The van der Waals surface area contributed by atoms with Crippen molar-refractivity contribution >= 4 is 81.8 Å². The lowest BCUT2D eigenvalue weighted by atomic mass is 9.93. The molecule has 11 aromatic rings. The number of nitrogens with zero attached hydrogens (tertiary/aromatic N) is 3. The molecule has 0 amide bonds. The van der Waals surface area contributed by atoms with Gasteiger partial charge in [0.1, 0.15) is 5.82 Å². The normalized spacial score (nSPS) is 11.6. The molecule has 0 spiro atoms. The van der Waals surface area contributed by atoms with Crippen molar-refractivity contribution in [3.63, 3.8) is 0 Å². The SMILES string of the molecule is c1ccc(-c2cccc(-c3cccc(N(c4ccc5c6ccccc6c6ccccc6c5c4)c4ccc5c6ccccc6c6ccccc6c5c4)n3)n2)cc1. The van der Waals surface area contributed by atoms with Gasteiger partial charge < -0.3 is 0 Å². The fraction of sp³-hybridized carbons (Fsp3) is 0. The molecule has 55 heavy (non-hydrogen) atoms. The first-order valence-corrected chi connectivity index (χ1v) is 18.7. The minimum Gasteiger partial charge on any atom is -0.295 e. The van der Waals surface area contributed by atoms with Gasteiger partial charge in [0.25, 0.3) is 0 Å². The van der Waals surface area contributed by atoms with Crippen LogP contribution in [0.5, 0.6) is 0 Å².